The number of ketones is 1. The van der Waals surface area contributed by atoms with Crippen LogP contribution >= 0.6 is 11.6 Å². The Morgan fingerprint density at radius 1 is 1.00 bits per heavy atom. The molecule has 0 radical (unpaired) electrons. The first-order valence-corrected chi connectivity index (χ1v) is 11.0. The highest BCUT2D eigenvalue weighted by Gasteiger charge is 2.22. The smallest absolute Gasteiger partial charge is 0.165 e. The molecular formula is C24H29ClN2O. The van der Waals surface area contributed by atoms with Gasteiger partial charge in [0.2, 0.25) is 0 Å². The number of carbonyl (C=O) groups excluding carboxylic acids is 1. The van der Waals surface area contributed by atoms with Gasteiger partial charge in [-0.25, -0.2) is 0 Å². The first-order chi connectivity index (χ1) is 13.7. The summed E-state index contributed by atoms with van der Waals surface area (Å²) in [5, 5.41) is 7.79. The molecule has 28 heavy (non-hydrogen) atoms. The topological polar surface area (TPSA) is 41.1 Å². The Morgan fingerprint density at radius 3 is 2.54 bits per heavy atom. The Labute approximate surface area is 172 Å². The van der Waals surface area contributed by atoms with Gasteiger partial charge in [0.15, 0.2) is 5.78 Å². The number of Topliss-reactive ketones (excluding diaryl/α,β-unsaturated/α-hetero) is 1. The third-order valence-corrected chi connectivity index (χ3v) is 6.48. The molecule has 0 amide bonds. The van der Waals surface area contributed by atoms with Crippen molar-refractivity contribution in [2.24, 2.45) is 5.92 Å². The zero-order valence-electron chi connectivity index (χ0n) is 16.4. The fraction of sp³-hybridized carbons (Fsp3) is 0.458. The van der Waals surface area contributed by atoms with Crippen LogP contribution in [0.2, 0.25) is 5.02 Å². The largest absolute Gasteiger partial charge is 0.380 e. The van der Waals surface area contributed by atoms with Gasteiger partial charge in [0.05, 0.1) is 10.7 Å². The predicted octanol–water partition coefficient (Wildman–Crippen LogP) is 5.40. The van der Waals surface area contributed by atoms with Crippen LogP contribution in [-0.2, 0) is 19.4 Å². The van der Waals surface area contributed by atoms with Crippen molar-refractivity contribution < 1.29 is 4.79 Å². The van der Waals surface area contributed by atoms with Crippen LogP contribution in [0.15, 0.2) is 36.4 Å². The van der Waals surface area contributed by atoms with Crippen molar-refractivity contribution in [2.45, 2.75) is 51.5 Å². The van der Waals surface area contributed by atoms with E-state index in [1.165, 1.54) is 36.0 Å². The summed E-state index contributed by atoms with van der Waals surface area (Å²) in [6.07, 6.45) is 7.79. The predicted molar refractivity (Wildman–Crippen MR) is 116 cm³/mol. The summed E-state index contributed by atoms with van der Waals surface area (Å²) >= 11 is 6.51. The quantitative estimate of drug-likeness (QED) is 0.664. The summed E-state index contributed by atoms with van der Waals surface area (Å²) in [6, 6.07) is 12.3. The molecule has 2 N–H and O–H groups in total. The minimum Gasteiger partial charge on any atom is -0.380 e. The molecule has 2 aromatic carbocycles. The molecule has 0 saturated heterocycles. The van der Waals surface area contributed by atoms with Crippen LogP contribution in [0.3, 0.4) is 0 Å². The number of anilines is 1. The molecule has 1 saturated carbocycles. The summed E-state index contributed by atoms with van der Waals surface area (Å²) in [4.78, 5) is 12.7. The van der Waals surface area contributed by atoms with E-state index < -0.39 is 0 Å². The number of carbonyl (C=O) groups is 1. The fourth-order valence-electron chi connectivity index (χ4n) is 4.51. The van der Waals surface area contributed by atoms with Gasteiger partial charge >= 0.3 is 0 Å². The second-order valence-corrected chi connectivity index (χ2v) is 8.47. The third kappa shape index (κ3) is 4.42. The van der Waals surface area contributed by atoms with Gasteiger partial charge in [0, 0.05) is 18.0 Å². The third-order valence-electron chi connectivity index (χ3n) is 6.17. The van der Waals surface area contributed by atoms with Gasteiger partial charge in [0.1, 0.15) is 0 Å². The highest BCUT2D eigenvalue weighted by molar-refractivity contribution is 6.33. The molecule has 2 aromatic rings. The van der Waals surface area contributed by atoms with Crippen LogP contribution in [0.5, 0.6) is 0 Å². The molecule has 2 aliphatic rings. The van der Waals surface area contributed by atoms with Crippen LogP contribution in [0.25, 0.3) is 0 Å². The standard InChI is InChI=1S/C24H29ClN2O/c25-22-11-10-18-12-14-26-15-13-21(18)23(22)27-16-17-6-8-20(9-7-17)24(28)19-4-2-1-3-5-19/h6-11,19,26-27H,1-5,12-16H2. The Hall–Kier alpha value is -1.84. The SMILES string of the molecule is O=C(c1ccc(CNc2c(Cl)ccc3c2CCNCC3)cc1)C1CCCCC1. The molecule has 1 aliphatic carbocycles. The van der Waals surface area contributed by atoms with Crippen LogP contribution in [0, 0.1) is 5.92 Å². The summed E-state index contributed by atoms with van der Waals surface area (Å²) in [6.45, 7) is 2.71. The number of hydrogen-bond donors (Lipinski definition) is 2. The highest BCUT2D eigenvalue weighted by Crippen LogP contribution is 2.31. The lowest BCUT2D eigenvalue weighted by Gasteiger charge is -2.20. The van der Waals surface area contributed by atoms with Gasteiger partial charge in [0.25, 0.3) is 0 Å². The lowest BCUT2D eigenvalue weighted by Crippen LogP contribution is -2.17. The number of rotatable bonds is 5. The van der Waals surface area contributed by atoms with E-state index in [-0.39, 0.29) is 5.92 Å². The maximum Gasteiger partial charge on any atom is 0.165 e. The van der Waals surface area contributed by atoms with Gasteiger partial charge in [-0.2, -0.15) is 0 Å². The van der Waals surface area contributed by atoms with E-state index in [1.807, 2.05) is 18.2 Å². The lowest BCUT2D eigenvalue weighted by atomic mass is 9.84. The molecular weight excluding hydrogens is 368 g/mol. The highest BCUT2D eigenvalue weighted by atomic mass is 35.5. The second-order valence-electron chi connectivity index (χ2n) is 8.06. The number of nitrogens with one attached hydrogen (secondary N) is 2. The van der Waals surface area contributed by atoms with E-state index >= 15 is 0 Å². The van der Waals surface area contributed by atoms with Crippen LogP contribution in [0.1, 0.15) is 59.2 Å². The van der Waals surface area contributed by atoms with E-state index in [1.54, 1.807) is 0 Å². The van der Waals surface area contributed by atoms with E-state index in [4.69, 9.17) is 11.6 Å². The van der Waals surface area contributed by atoms with E-state index in [0.29, 0.717) is 12.3 Å². The zero-order valence-corrected chi connectivity index (χ0v) is 17.2. The fourth-order valence-corrected chi connectivity index (χ4v) is 4.76. The summed E-state index contributed by atoms with van der Waals surface area (Å²) in [5.74, 6) is 0.549. The average molecular weight is 397 g/mol. The molecule has 0 atom stereocenters. The number of fused-ring (bicyclic) bond motifs is 1. The number of halogens is 1. The van der Waals surface area contributed by atoms with Crippen molar-refractivity contribution in [2.75, 3.05) is 18.4 Å². The van der Waals surface area contributed by atoms with Crippen molar-refractivity contribution in [3.05, 3.63) is 63.7 Å². The molecule has 1 heterocycles. The van der Waals surface area contributed by atoms with Gasteiger partial charge in [-0.05, 0) is 61.5 Å². The molecule has 0 unspecified atom stereocenters. The van der Waals surface area contributed by atoms with Crippen LogP contribution in [0.4, 0.5) is 5.69 Å². The molecule has 148 valence electrons. The maximum absolute atomic E-state index is 12.7. The molecule has 3 nitrogen and oxygen atoms in total. The van der Waals surface area contributed by atoms with Crippen molar-refractivity contribution in [3.8, 4) is 0 Å². The molecule has 4 heteroatoms. The van der Waals surface area contributed by atoms with Gasteiger partial charge in [-0.15, -0.1) is 0 Å². The average Bonchev–Trinajstić information content (AvgIpc) is 2.99. The monoisotopic (exact) mass is 396 g/mol. The Kier molecular flexibility index (Phi) is 6.33. The van der Waals surface area contributed by atoms with Crippen molar-refractivity contribution in [1.29, 1.82) is 0 Å². The van der Waals surface area contributed by atoms with E-state index in [9.17, 15) is 4.79 Å². The molecule has 0 aromatic heterocycles. The van der Waals surface area contributed by atoms with Crippen LogP contribution < -0.4 is 10.6 Å². The number of hydrogen-bond acceptors (Lipinski definition) is 3. The normalized spacial score (nSPS) is 17.6. The molecule has 0 bridgehead atoms. The van der Waals surface area contributed by atoms with Crippen molar-refractivity contribution in [3.63, 3.8) is 0 Å². The Morgan fingerprint density at radius 2 is 1.75 bits per heavy atom. The zero-order chi connectivity index (χ0) is 19.3. The summed E-state index contributed by atoms with van der Waals surface area (Å²) in [7, 11) is 0. The first-order valence-electron chi connectivity index (χ1n) is 10.6. The maximum atomic E-state index is 12.7. The lowest BCUT2D eigenvalue weighted by molar-refractivity contribution is 0.0889. The molecule has 1 fully saturated rings. The summed E-state index contributed by atoms with van der Waals surface area (Å²) < 4.78 is 0. The molecule has 4 rings (SSSR count). The second kappa shape index (κ2) is 9.11. The van der Waals surface area contributed by atoms with Gasteiger partial charge in [-0.3, -0.25) is 4.79 Å². The van der Waals surface area contributed by atoms with Gasteiger partial charge in [-0.1, -0.05) is 61.2 Å². The van der Waals surface area contributed by atoms with Crippen molar-refractivity contribution >= 4 is 23.1 Å². The molecule has 0 spiro atoms. The van der Waals surface area contributed by atoms with E-state index in [2.05, 4.69) is 28.8 Å². The molecule has 1 aliphatic heterocycles. The summed E-state index contributed by atoms with van der Waals surface area (Å²) in [5.41, 5.74) is 5.80. The van der Waals surface area contributed by atoms with E-state index in [0.717, 1.165) is 55.0 Å². The van der Waals surface area contributed by atoms with Gasteiger partial charge < -0.3 is 10.6 Å². The Balaban J connectivity index is 1.44. The van der Waals surface area contributed by atoms with Crippen molar-refractivity contribution in [1.82, 2.24) is 5.32 Å². The number of benzene rings is 2. The minimum absolute atomic E-state index is 0.227. The Bertz CT molecular complexity index is 825. The van der Waals surface area contributed by atoms with Crippen LogP contribution in [-0.4, -0.2) is 18.9 Å². The minimum atomic E-state index is 0.227. The first kappa shape index (κ1) is 19.5.